The smallest absolute Gasteiger partial charge is 0.161 e. The van der Waals surface area contributed by atoms with Gasteiger partial charge >= 0.3 is 0 Å². The number of rotatable bonds is 2. The van der Waals surface area contributed by atoms with E-state index in [-0.39, 0.29) is 6.10 Å². The van der Waals surface area contributed by atoms with E-state index in [2.05, 4.69) is 58.4 Å². The largest absolute Gasteiger partial charge is 0.383 e. The van der Waals surface area contributed by atoms with Crippen molar-refractivity contribution in [3.8, 4) is 0 Å². The summed E-state index contributed by atoms with van der Waals surface area (Å²) in [6.45, 7) is 6.71. The van der Waals surface area contributed by atoms with Crippen molar-refractivity contribution >= 4 is 28.4 Å². The Hall–Kier alpha value is -0.470. The number of anilines is 1. The van der Waals surface area contributed by atoms with E-state index in [1.54, 1.807) is 0 Å². The minimum atomic E-state index is -0.0689. The van der Waals surface area contributed by atoms with Crippen molar-refractivity contribution in [2.75, 3.05) is 32.5 Å². The Bertz CT molecular complexity index is 438. The van der Waals surface area contributed by atoms with Gasteiger partial charge in [-0.25, -0.2) is 9.97 Å². The first-order chi connectivity index (χ1) is 8.49. The number of likely N-dealkylation sites (N-methyl/N-ethyl adjacent to an activating group) is 1. The lowest BCUT2D eigenvalue weighted by Crippen LogP contribution is -2.36. The molecule has 0 aromatic carbocycles. The van der Waals surface area contributed by atoms with Crippen LogP contribution in [0.1, 0.15) is 37.4 Å². The molecule has 2 heterocycles. The molecule has 1 aromatic rings. The van der Waals surface area contributed by atoms with Gasteiger partial charge in [-0.2, -0.15) is 0 Å². The monoisotopic (exact) mass is 362 g/mol. The maximum absolute atomic E-state index is 5.97. The molecule has 0 aliphatic carbocycles. The third-order valence-electron chi connectivity index (χ3n) is 3.02. The minimum absolute atomic E-state index is 0.0689. The molecule has 1 aromatic heterocycles. The van der Waals surface area contributed by atoms with Crippen LogP contribution in [-0.4, -0.2) is 41.6 Å². The molecule has 5 nitrogen and oxygen atoms in total. The highest BCUT2D eigenvalue weighted by Gasteiger charge is 2.24. The molecule has 0 saturated carbocycles. The fraction of sp³-hybridized carbons (Fsp3) is 0.667. The van der Waals surface area contributed by atoms with E-state index >= 15 is 0 Å². The van der Waals surface area contributed by atoms with E-state index in [9.17, 15) is 0 Å². The molecule has 2 rings (SSSR count). The zero-order valence-corrected chi connectivity index (χ0v) is 13.1. The van der Waals surface area contributed by atoms with Crippen LogP contribution in [0, 0.1) is 3.57 Å². The Morgan fingerprint density at radius 3 is 2.78 bits per heavy atom. The van der Waals surface area contributed by atoms with Gasteiger partial charge in [-0.3, -0.25) is 0 Å². The predicted octanol–water partition coefficient (Wildman–Crippen LogP) is 1.79. The number of hydrogen-bond acceptors (Lipinski definition) is 5. The van der Waals surface area contributed by atoms with E-state index in [1.807, 2.05) is 0 Å². The zero-order chi connectivity index (χ0) is 13.3. The highest BCUT2D eigenvalue weighted by Crippen LogP contribution is 2.26. The van der Waals surface area contributed by atoms with Crippen LogP contribution in [0.5, 0.6) is 0 Å². The van der Waals surface area contributed by atoms with Gasteiger partial charge in [-0.15, -0.1) is 0 Å². The van der Waals surface area contributed by atoms with Crippen molar-refractivity contribution in [3.63, 3.8) is 0 Å². The Morgan fingerprint density at radius 1 is 1.44 bits per heavy atom. The van der Waals surface area contributed by atoms with Crippen molar-refractivity contribution in [1.82, 2.24) is 14.9 Å². The number of nitrogen functional groups attached to an aromatic ring is 1. The molecule has 1 unspecified atom stereocenters. The van der Waals surface area contributed by atoms with Crippen LogP contribution in [-0.2, 0) is 4.74 Å². The third-order valence-corrected chi connectivity index (χ3v) is 4.13. The zero-order valence-electron chi connectivity index (χ0n) is 11.0. The average Bonchev–Trinajstić information content (AvgIpc) is 2.32. The van der Waals surface area contributed by atoms with E-state index in [0.717, 1.165) is 22.4 Å². The molecule has 6 heteroatoms. The lowest BCUT2D eigenvalue weighted by atomic mass is 10.1. The van der Waals surface area contributed by atoms with Crippen molar-refractivity contribution in [3.05, 3.63) is 15.1 Å². The average molecular weight is 362 g/mol. The first-order valence-electron chi connectivity index (χ1n) is 6.12. The molecule has 0 radical (unpaired) electrons. The first-order valence-corrected chi connectivity index (χ1v) is 7.20. The second-order valence-corrected chi connectivity index (χ2v) is 6.02. The van der Waals surface area contributed by atoms with Crippen molar-refractivity contribution in [2.24, 2.45) is 0 Å². The highest BCUT2D eigenvalue weighted by atomic mass is 127. The Balaban J connectivity index is 2.33. The van der Waals surface area contributed by atoms with E-state index in [4.69, 9.17) is 10.5 Å². The van der Waals surface area contributed by atoms with Crippen molar-refractivity contribution < 1.29 is 4.74 Å². The molecule has 0 amide bonds. The van der Waals surface area contributed by atoms with Gasteiger partial charge < -0.3 is 15.4 Å². The number of ether oxygens (including phenoxy) is 1. The topological polar surface area (TPSA) is 64.3 Å². The molecule has 100 valence electrons. The fourth-order valence-corrected chi connectivity index (χ4v) is 2.83. The molecule has 0 bridgehead atoms. The highest BCUT2D eigenvalue weighted by molar-refractivity contribution is 14.1. The number of nitrogens with zero attached hydrogens (tertiary/aromatic N) is 3. The number of halogens is 1. The Kier molecular flexibility index (Phi) is 4.39. The molecule has 2 N–H and O–H groups in total. The molecule has 1 aliphatic heterocycles. The molecule has 1 aliphatic rings. The van der Waals surface area contributed by atoms with Gasteiger partial charge in [0.25, 0.3) is 0 Å². The number of nitrogens with two attached hydrogens (primary N) is 1. The third kappa shape index (κ3) is 2.92. The Morgan fingerprint density at radius 2 is 2.17 bits per heavy atom. The van der Waals surface area contributed by atoms with Gasteiger partial charge in [-0.1, -0.05) is 13.8 Å². The number of aromatic nitrogens is 2. The van der Waals surface area contributed by atoms with Crippen LogP contribution >= 0.6 is 22.6 Å². The number of hydrogen-bond donors (Lipinski definition) is 1. The van der Waals surface area contributed by atoms with Crippen LogP contribution in [0.4, 0.5) is 5.82 Å². The Labute approximate surface area is 121 Å². The molecule has 0 spiro atoms. The summed E-state index contributed by atoms with van der Waals surface area (Å²) >= 11 is 2.21. The molecular weight excluding hydrogens is 343 g/mol. The van der Waals surface area contributed by atoms with Gasteiger partial charge in [0.15, 0.2) is 5.82 Å². The van der Waals surface area contributed by atoms with Crippen LogP contribution in [0.2, 0.25) is 0 Å². The maximum atomic E-state index is 5.97. The lowest BCUT2D eigenvalue weighted by molar-refractivity contribution is -0.0255. The van der Waals surface area contributed by atoms with Crippen molar-refractivity contribution in [1.29, 1.82) is 0 Å². The van der Waals surface area contributed by atoms with Crippen LogP contribution in [0.15, 0.2) is 0 Å². The summed E-state index contributed by atoms with van der Waals surface area (Å²) in [6, 6.07) is 0. The normalized spacial score (nSPS) is 21.5. The summed E-state index contributed by atoms with van der Waals surface area (Å²) < 4.78 is 6.69. The second-order valence-electron chi connectivity index (χ2n) is 4.94. The molecule has 18 heavy (non-hydrogen) atoms. The van der Waals surface area contributed by atoms with E-state index in [1.165, 1.54) is 0 Å². The van der Waals surface area contributed by atoms with Crippen LogP contribution in [0.3, 0.4) is 0 Å². The second kappa shape index (κ2) is 5.66. The van der Waals surface area contributed by atoms with E-state index < -0.39 is 0 Å². The summed E-state index contributed by atoms with van der Waals surface area (Å²) in [5, 5.41) is 0. The molecular formula is C12H19IN4O. The first kappa shape index (κ1) is 14.0. The lowest BCUT2D eigenvalue weighted by Gasteiger charge is -2.29. The minimum Gasteiger partial charge on any atom is -0.383 e. The standard InChI is InChI=1S/C12H19IN4O/c1-7(2)10-9(13)11(14)16-12(15-10)8-6-17(3)4-5-18-8/h7-8H,4-6H2,1-3H3,(H2,14,15,16). The van der Waals surface area contributed by atoms with Gasteiger partial charge in [0.05, 0.1) is 15.9 Å². The van der Waals surface area contributed by atoms with Gasteiger partial charge in [0.1, 0.15) is 11.9 Å². The molecule has 1 fully saturated rings. The van der Waals surface area contributed by atoms with Crippen LogP contribution < -0.4 is 5.73 Å². The van der Waals surface area contributed by atoms with Gasteiger partial charge in [0.2, 0.25) is 0 Å². The summed E-state index contributed by atoms with van der Waals surface area (Å²) in [7, 11) is 2.08. The van der Waals surface area contributed by atoms with Gasteiger partial charge in [-0.05, 0) is 35.6 Å². The summed E-state index contributed by atoms with van der Waals surface area (Å²) in [5.41, 5.74) is 6.98. The number of morpholine rings is 1. The molecule has 1 saturated heterocycles. The summed E-state index contributed by atoms with van der Waals surface area (Å²) in [4.78, 5) is 11.2. The van der Waals surface area contributed by atoms with Crippen LogP contribution in [0.25, 0.3) is 0 Å². The maximum Gasteiger partial charge on any atom is 0.161 e. The van der Waals surface area contributed by atoms with E-state index in [0.29, 0.717) is 24.2 Å². The van der Waals surface area contributed by atoms with Gasteiger partial charge in [0, 0.05) is 13.1 Å². The SMILES string of the molecule is CC(C)c1nc(C2CN(C)CCO2)nc(N)c1I. The predicted molar refractivity (Wildman–Crippen MR) is 79.4 cm³/mol. The summed E-state index contributed by atoms with van der Waals surface area (Å²) in [5.74, 6) is 1.60. The van der Waals surface area contributed by atoms with Crippen molar-refractivity contribution in [2.45, 2.75) is 25.9 Å². The quantitative estimate of drug-likeness (QED) is 0.813. The molecule has 1 atom stereocenters. The summed E-state index contributed by atoms with van der Waals surface area (Å²) in [6.07, 6.45) is -0.0689. The fourth-order valence-electron chi connectivity index (χ4n) is 1.96.